The summed E-state index contributed by atoms with van der Waals surface area (Å²) in [7, 11) is 0. The normalized spacial score (nSPS) is 10.8. The number of hydrogen-bond acceptors (Lipinski definition) is 7. The SMILES string of the molecule is Cc1cc(N)nc(SCc2nnc(-c3cccc(Cl)c3)o2)n1. The summed E-state index contributed by atoms with van der Waals surface area (Å²) in [6.45, 7) is 1.87. The minimum Gasteiger partial charge on any atom is -0.420 e. The first-order valence-electron chi connectivity index (χ1n) is 6.42. The molecule has 0 atom stereocenters. The quantitative estimate of drug-likeness (QED) is 0.578. The highest BCUT2D eigenvalue weighted by molar-refractivity contribution is 7.98. The lowest BCUT2D eigenvalue weighted by Gasteiger charge is -2.00. The van der Waals surface area contributed by atoms with E-state index in [1.807, 2.05) is 19.1 Å². The highest BCUT2D eigenvalue weighted by Gasteiger charge is 2.10. The van der Waals surface area contributed by atoms with Gasteiger partial charge in [-0.1, -0.05) is 29.4 Å². The minimum absolute atomic E-state index is 0.433. The molecule has 2 aromatic heterocycles. The Balaban J connectivity index is 1.72. The Morgan fingerprint density at radius 3 is 2.86 bits per heavy atom. The van der Waals surface area contributed by atoms with E-state index in [4.69, 9.17) is 21.8 Å². The molecule has 0 amide bonds. The molecule has 3 rings (SSSR count). The summed E-state index contributed by atoms with van der Waals surface area (Å²) >= 11 is 7.34. The van der Waals surface area contributed by atoms with Crippen molar-refractivity contribution >= 4 is 29.2 Å². The van der Waals surface area contributed by atoms with Crippen LogP contribution in [0.15, 0.2) is 39.9 Å². The van der Waals surface area contributed by atoms with Gasteiger partial charge in [0.1, 0.15) is 5.82 Å². The smallest absolute Gasteiger partial charge is 0.247 e. The van der Waals surface area contributed by atoms with Gasteiger partial charge in [-0.15, -0.1) is 10.2 Å². The van der Waals surface area contributed by atoms with Crippen LogP contribution in [-0.2, 0) is 5.75 Å². The van der Waals surface area contributed by atoms with Crippen LogP contribution in [0.5, 0.6) is 0 Å². The van der Waals surface area contributed by atoms with Gasteiger partial charge >= 0.3 is 0 Å². The third-order valence-corrected chi connectivity index (χ3v) is 3.78. The van der Waals surface area contributed by atoms with Gasteiger partial charge in [0.2, 0.25) is 11.8 Å². The predicted molar refractivity (Wildman–Crippen MR) is 85.5 cm³/mol. The number of rotatable bonds is 4. The van der Waals surface area contributed by atoms with E-state index in [0.717, 1.165) is 11.3 Å². The zero-order chi connectivity index (χ0) is 15.5. The summed E-state index contributed by atoms with van der Waals surface area (Å²) < 4.78 is 5.62. The number of anilines is 1. The third-order valence-electron chi connectivity index (χ3n) is 2.72. The van der Waals surface area contributed by atoms with Gasteiger partial charge < -0.3 is 10.2 Å². The van der Waals surface area contributed by atoms with Crippen LogP contribution in [0, 0.1) is 6.92 Å². The second-order valence-electron chi connectivity index (χ2n) is 4.52. The van der Waals surface area contributed by atoms with Crippen LogP contribution in [-0.4, -0.2) is 20.2 Å². The van der Waals surface area contributed by atoms with E-state index in [0.29, 0.717) is 33.5 Å². The van der Waals surface area contributed by atoms with E-state index in [1.165, 1.54) is 11.8 Å². The zero-order valence-corrected chi connectivity index (χ0v) is 13.2. The Bertz CT molecular complexity index is 787. The first kappa shape index (κ1) is 14.8. The molecule has 8 heteroatoms. The fourth-order valence-electron chi connectivity index (χ4n) is 1.81. The molecular formula is C14H12ClN5OS. The van der Waals surface area contributed by atoms with Gasteiger partial charge in [-0.05, 0) is 25.1 Å². The average molecular weight is 334 g/mol. The first-order valence-corrected chi connectivity index (χ1v) is 7.79. The number of nitrogen functional groups attached to an aromatic ring is 1. The molecule has 112 valence electrons. The van der Waals surface area contributed by atoms with Crippen molar-refractivity contribution in [2.45, 2.75) is 17.8 Å². The monoisotopic (exact) mass is 333 g/mol. The summed E-state index contributed by atoms with van der Waals surface area (Å²) in [6.07, 6.45) is 0. The molecule has 0 saturated carbocycles. The summed E-state index contributed by atoms with van der Waals surface area (Å²) in [5.74, 6) is 1.84. The molecule has 0 unspecified atom stereocenters. The van der Waals surface area contributed by atoms with Crippen molar-refractivity contribution in [1.82, 2.24) is 20.2 Å². The van der Waals surface area contributed by atoms with E-state index >= 15 is 0 Å². The predicted octanol–water partition coefficient (Wildman–Crippen LogP) is 3.36. The number of aryl methyl sites for hydroxylation is 1. The highest BCUT2D eigenvalue weighted by atomic mass is 35.5. The molecule has 0 aliphatic rings. The van der Waals surface area contributed by atoms with E-state index in [1.54, 1.807) is 18.2 Å². The summed E-state index contributed by atoms with van der Waals surface area (Å²) in [5, 5.41) is 9.24. The summed E-state index contributed by atoms with van der Waals surface area (Å²) in [5.41, 5.74) is 7.30. The van der Waals surface area contributed by atoms with Crippen molar-refractivity contribution in [3.05, 3.63) is 46.9 Å². The summed E-state index contributed by atoms with van der Waals surface area (Å²) in [4.78, 5) is 8.44. The number of halogens is 1. The van der Waals surface area contributed by atoms with Crippen molar-refractivity contribution < 1.29 is 4.42 Å². The van der Waals surface area contributed by atoms with Gasteiger partial charge in [-0.3, -0.25) is 0 Å². The van der Waals surface area contributed by atoms with Gasteiger partial charge in [0.15, 0.2) is 5.16 Å². The van der Waals surface area contributed by atoms with Crippen LogP contribution in [0.1, 0.15) is 11.6 Å². The molecule has 0 spiro atoms. The van der Waals surface area contributed by atoms with Crippen LogP contribution in [0.3, 0.4) is 0 Å². The third kappa shape index (κ3) is 3.55. The molecule has 0 fully saturated rings. The van der Waals surface area contributed by atoms with Crippen LogP contribution >= 0.6 is 23.4 Å². The standard InChI is InChI=1S/C14H12ClN5OS/c1-8-5-11(16)18-14(17-8)22-7-12-19-20-13(21-12)9-3-2-4-10(15)6-9/h2-6H,7H2,1H3,(H2,16,17,18). The molecule has 22 heavy (non-hydrogen) atoms. The fraction of sp³-hybridized carbons (Fsp3) is 0.143. The maximum Gasteiger partial charge on any atom is 0.247 e. The molecular weight excluding hydrogens is 322 g/mol. The van der Waals surface area contributed by atoms with E-state index in [2.05, 4.69) is 20.2 Å². The van der Waals surface area contributed by atoms with Gasteiger partial charge in [0, 0.05) is 22.3 Å². The Kier molecular flexibility index (Phi) is 4.26. The van der Waals surface area contributed by atoms with Gasteiger partial charge in [0.05, 0.1) is 5.75 Å². The summed E-state index contributed by atoms with van der Waals surface area (Å²) in [6, 6.07) is 8.97. The van der Waals surface area contributed by atoms with Crippen LogP contribution in [0.25, 0.3) is 11.5 Å². The number of nitrogens with zero attached hydrogens (tertiary/aromatic N) is 4. The Hall–Kier alpha value is -2.12. The van der Waals surface area contributed by atoms with Gasteiger partial charge in [-0.2, -0.15) is 0 Å². The Labute approximate surface area is 136 Å². The van der Waals surface area contributed by atoms with Crippen molar-refractivity contribution in [1.29, 1.82) is 0 Å². The largest absolute Gasteiger partial charge is 0.420 e. The Morgan fingerprint density at radius 2 is 2.09 bits per heavy atom. The van der Waals surface area contributed by atoms with Crippen molar-refractivity contribution in [3.63, 3.8) is 0 Å². The van der Waals surface area contributed by atoms with Crippen molar-refractivity contribution in [3.8, 4) is 11.5 Å². The van der Waals surface area contributed by atoms with Crippen molar-refractivity contribution in [2.75, 3.05) is 5.73 Å². The van der Waals surface area contributed by atoms with Gasteiger partial charge in [-0.25, -0.2) is 9.97 Å². The second-order valence-corrected chi connectivity index (χ2v) is 5.90. The minimum atomic E-state index is 0.433. The number of nitrogens with two attached hydrogens (primary N) is 1. The zero-order valence-electron chi connectivity index (χ0n) is 11.7. The number of hydrogen-bond donors (Lipinski definition) is 1. The molecule has 3 aromatic rings. The Morgan fingerprint density at radius 1 is 1.23 bits per heavy atom. The number of thioether (sulfide) groups is 1. The molecule has 0 aliphatic heterocycles. The number of benzene rings is 1. The van der Waals surface area contributed by atoms with Gasteiger partial charge in [0.25, 0.3) is 0 Å². The average Bonchev–Trinajstić information content (AvgIpc) is 2.93. The molecule has 6 nitrogen and oxygen atoms in total. The lowest BCUT2D eigenvalue weighted by Crippen LogP contribution is -1.96. The highest BCUT2D eigenvalue weighted by Crippen LogP contribution is 2.24. The van der Waals surface area contributed by atoms with Crippen LogP contribution in [0.4, 0.5) is 5.82 Å². The first-order chi connectivity index (χ1) is 10.6. The lowest BCUT2D eigenvalue weighted by molar-refractivity contribution is 0.528. The molecule has 0 saturated heterocycles. The molecule has 2 N–H and O–H groups in total. The van der Waals surface area contributed by atoms with Crippen molar-refractivity contribution in [2.24, 2.45) is 0 Å². The van der Waals surface area contributed by atoms with Crippen LogP contribution in [0.2, 0.25) is 5.02 Å². The molecule has 1 aromatic carbocycles. The maximum atomic E-state index is 5.95. The molecule has 0 radical (unpaired) electrons. The lowest BCUT2D eigenvalue weighted by atomic mass is 10.2. The molecule has 2 heterocycles. The topological polar surface area (TPSA) is 90.7 Å². The number of aromatic nitrogens is 4. The fourth-order valence-corrected chi connectivity index (χ4v) is 2.74. The van der Waals surface area contributed by atoms with E-state index in [9.17, 15) is 0 Å². The second kappa shape index (κ2) is 6.33. The van der Waals surface area contributed by atoms with E-state index < -0.39 is 0 Å². The van der Waals surface area contributed by atoms with E-state index in [-0.39, 0.29) is 0 Å². The maximum absolute atomic E-state index is 5.95. The molecule has 0 bridgehead atoms. The van der Waals surface area contributed by atoms with Crippen LogP contribution < -0.4 is 5.73 Å². The molecule has 0 aliphatic carbocycles.